The quantitative estimate of drug-likeness (QED) is 0.636. The highest BCUT2D eigenvalue weighted by Crippen LogP contribution is 2.68. The molecule has 0 aliphatic heterocycles. The lowest BCUT2D eigenvalue weighted by Crippen LogP contribution is -2.30. The molecule has 0 N–H and O–H groups in total. The summed E-state index contributed by atoms with van der Waals surface area (Å²) >= 11 is 0. The van der Waals surface area contributed by atoms with E-state index >= 15 is 0 Å². The summed E-state index contributed by atoms with van der Waals surface area (Å²) in [4.78, 5) is 0. The van der Waals surface area contributed by atoms with Crippen molar-refractivity contribution in [3.05, 3.63) is 0 Å². The largest absolute Gasteiger partial charge is 0.0625 e. The van der Waals surface area contributed by atoms with Gasteiger partial charge in [-0.25, -0.2) is 0 Å². The molecule has 0 amide bonds. The van der Waals surface area contributed by atoms with Crippen molar-refractivity contribution in [2.45, 2.75) is 65.2 Å². The third-order valence-electron chi connectivity index (χ3n) is 7.24. The summed E-state index contributed by atoms with van der Waals surface area (Å²) in [6.07, 6.45) is 12.7. The molecule has 4 unspecified atom stereocenters. The van der Waals surface area contributed by atoms with Crippen molar-refractivity contribution in [3.8, 4) is 0 Å². The highest BCUT2D eigenvalue weighted by Gasteiger charge is 2.59. The van der Waals surface area contributed by atoms with E-state index in [0.717, 1.165) is 40.9 Å². The van der Waals surface area contributed by atoms with E-state index in [1.165, 1.54) is 6.42 Å². The van der Waals surface area contributed by atoms with Gasteiger partial charge in [-0.1, -0.05) is 26.7 Å². The van der Waals surface area contributed by atoms with Crippen LogP contribution in [0, 0.1) is 40.9 Å². The third kappa shape index (κ3) is 1.55. The molecule has 0 heteroatoms. The third-order valence-corrected chi connectivity index (χ3v) is 7.24. The van der Waals surface area contributed by atoms with E-state index in [0.29, 0.717) is 0 Å². The Bertz CT molecular complexity index is 302. The molecule has 0 aromatic carbocycles. The lowest BCUT2D eigenvalue weighted by Gasteiger charge is -2.39. The normalized spacial score (nSPS) is 60.4. The van der Waals surface area contributed by atoms with Gasteiger partial charge in [0.1, 0.15) is 0 Å². The Kier molecular flexibility index (Phi) is 2.25. The molecular weight excluding hydrogens is 204 g/mol. The van der Waals surface area contributed by atoms with Crippen LogP contribution in [0.5, 0.6) is 0 Å². The van der Waals surface area contributed by atoms with E-state index in [2.05, 4.69) is 13.8 Å². The Balaban J connectivity index is 1.46. The maximum Gasteiger partial charge on any atom is -0.0292 e. The van der Waals surface area contributed by atoms with Crippen molar-refractivity contribution < 1.29 is 0 Å². The second kappa shape index (κ2) is 3.52. The number of rotatable bonds is 2. The summed E-state index contributed by atoms with van der Waals surface area (Å²) in [5.41, 5.74) is 0.800. The van der Waals surface area contributed by atoms with Gasteiger partial charge in [0.25, 0.3) is 0 Å². The lowest BCUT2D eigenvalue weighted by atomic mass is 9.66. The maximum absolute atomic E-state index is 2.60. The van der Waals surface area contributed by atoms with Gasteiger partial charge in [-0.15, -0.1) is 0 Å². The summed E-state index contributed by atoms with van der Waals surface area (Å²) in [6.45, 7) is 5.07. The molecule has 0 aromatic heterocycles. The topological polar surface area (TPSA) is 0 Å². The molecule has 5 saturated carbocycles. The minimum atomic E-state index is 0.800. The van der Waals surface area contributed by atoms with Gasteiger partial charge in [0.2, 0.25) is 0 Å². The van der Waals surface area contributed by atoms with E-state index in [-0.39, 0.29) is 0 Å². The van der Waals surface area contributed by atoms with Crippen molar-refractivity contribution in [2.75, 3.05) is 0 Å². The molecule has 0 heterocycles. The fourth-order valence-electron chi connectivity index (χ4n) is 6.52. The SMILES string of the molecule is CC1CCC(CC2C3CC4CC2CC4(C)C3)C1. The molecule has 0 radical (unpaired) electrons. The molecule has 17 heavy (non-hydrogen) atoms. The summed E-state index contributed by atoms with van der Waals surface area (Å²) in [7, 11) is 0. The fourth-order valence-corrected chi connectivity index (χ4v) is 6.52. The predicted octanol–water partition coefficient (Wildman–Crippen LogP) is 4.89. The van der Waals surface area contributed by atoms with Crippen LogP contribution in [-0.4, -0.2) is 0 Å². The van der Waals surface area contributed by atoms with Gasteiger partial charge in [-0.3, -0.25) is 0 Å². The molecule has 0 saturated heterocycles. The average Bonchev–Trinajstić information content (AvgIpc) is 2.83. The molecule has 4 bridgehead atoms. The molecular formula is C17H28. The van der Waals surface area contributed by atoms with E-state index in [9.17, 15) is 0 Å². The van der Waals surface area contributed by atoms with Crippen LogP contribution < -0.4 is 0 Å². The van der Waals surface area contributed by atoms with Crippen LogP contribution in [0.25, 0.3) is 0 Å². The first-order valence-electron chi connectivity index (χ1n) is 8.14. The van der Waals surface area contributed by atoms with Gasteiger partial charge in [0, 0.05) is 0 Å². The first kappa shape index (κ1) is 10.9. The minimum absolute atomic E-state index is 0.800. The fraction of sp³-hybridized carbons (Fsp3) is 1.00. The highest BCUT2D eigenvalue weighted by atomic mass is 14.6. The standard InChI is InChI=1S/C17H28/c1-11-3-4-12(5-11)6-16-13-7-15-8-14(16)10-17(15,2)9-13/h11-16H,3-10H2,1-2H3. The average molecular weight is 232 g/mol. The van der Waals surface area contributed by atoms with E-state index in [1.807, 2.05) is 0 Å². The van der Waals surface area contributed by atoms with Crippen molar-refractivity contribution in [3.63, 3.8) is 0 Å². The van der Waals surface area contributed by atoms with E-state index < -0.39 is 0 Å². The highest BCUT2D eigenvalue weighted by molar-refractivity contribution is 5.08. The molecule has 96 valence electrons. The van der Waals surface area contributed by atoms with Gasteiger partial charge in [0.15, 0.2) is 0 Å². The second-order valence-corrected chi connectivity index (χ2v) is 8.43. The smallest absolute Gasteiger partial charge is 0.0292 e. The van der Waals surface area contributed by atoms with Crippen molar-refractivity contribution in [1.82, 2.24) is 0 Å². The van der Waals surface area contributed by atoms with Crippen LogP contribution in [0.2, 0.25) is 0 Å². The van der Waals surface area contributed by atoms with Crippen LogP contribution in [0.3, 0.4) is 0 Å². The summed E-state index contributed by atoms with van der Waals surface area (Å²) in [5, 5.41) is 0. The zero-order valence-corrected chi connectivity index (χ0v) is 11.6. The number of hydrogen-bond acceptors (Lipinski definition) is 0. The molecule has 4 atom stereocenters. The Hall–Kier alpha value is 0. The first-order valence-corrected chi connectivity index (χ1v) is 8.14. The monoisotopic (exact) mass is 232 g/mol. The zero-order chi connectivity index (χ0) is 11.6. The molecule has 5 fully saturated rings. The predicted molar refractivity (Wildman–Crippen MR) is 71.7 cm³/mol. The molecule has 5 aliphatic rings. The Morgan fingerprint density at radius 1 is 1.00 bits per heavy atom. The van der Waals surface area contributed by atoms with Gasteiger partial charge < -0.3 is 0 Å². The molecule has 0 nitrogen and oxygen atoms in total. The number of hydrogen-bond donors (Lipinski definition) is 0. The molecule has 5 aliphatic carbocycles. The first-order chi connectivity index (χ1) is 8.14. The Morgan fingerprint density at radius 3 is 2.24 bits per heavy atom. The van der Waals surface area contributed by atoms with Crippen molar-refractivity contribution in [2.24, 2.45) is 40.9 Å². The summed E-state index contributed by atoms with van der Waals surface area (Å²) < 4.78 is 0. The summed E-state index contributed by atoms with van der Waals surface area (Å²) in [5.74, 6) is 6.72. The Labute approximate surface area is 107 Å². The zero-order valence-electron chi connectivity index (χ0n) is 11.6. The molecule has 0 aromatic rings. The van der Waals surface area contributed by atoms with E-state index in [1.54, 1.807) is 44.9 Å². The van der Waals surface area contributed by atoms with Gasteiger partial charge in [-0.05, 0) is 79.4 Å². The lowest BCUT2D eigenvalue weighted by molar-refractivity contribution is 0.110. The van der Waals surface area contributed by atoms with Gasteiger partial charge in [-0.2, -0.15) is 0 Å². The minimum Gasteiger partial charge on any atom is -0.0625 e. The maximum atomic E-state index is 2.60. The molecule has 5 rings (SSSR count). The van der Waals surface area contributed by atoms with Crippen LogP contribution in [-0.2, 0) is 0 Å². The second-order valence-electron chi connectivity index (χ2n) is 8.43. The van der Waals surface area contributed by atoms with Crippen LogP contribution in [0.15, 0.2) is 0 Å². The van der Waals surface area contributed by atoms with Crippen LogP contribution in [0.1, 0.15) is 65.2 Å². The van der Waals surface area contributed by atoms with Gasteiger partial charge >= 0.3 is 0 Å². The van der Waals surface area contributed by atoms with Crippen LogP contribution >= 0.6 is 0 Å². The van der Waals surface area contributed by atoms with E-state index in [4.69, 9.17) is 0 Å². The van der Waals surface area contributed by atoms with Crippen molar-refractivity contribution >= 4 is 0 Å². The van der Waals surface area contributed by atoms with Crippen LogP contribution in [0.4, 0.5) is 0 Å². The molecule has 0 spiro atoms. The Morgan fingerprint density at radius 2 is 1.71 bits per heavy atom. The van der Waals surface area contributed by atoms with Gasteiger partial charge in [0.05, 0.1) is 0 Å². The summed E-state index contributed by atoms with van der Waals surface area (Å²) in [6, 6.07) is 0. The van der Waals surface area contributed by atoms with Crippen molar-refractivity contribution in [1.29, 1.82) is 0 Å².